The fraction of sp³-hybridized carbons (Fsp3) is 0.400. The molecule has 2 aromatic carbocycles. The van der Waals surface area contributed by atoms with Gasteiger partial charge in [0.1, 0.15) is 0 Å². The zero-order valence-electron chi connectivity index (χ0n) is 16.9. The van der Waals surface area contributed by atoms with Gasteiger partial charge in [-0.25, -0.2) is 8.42 Å². The minimum Gasteiger partial charge on any atom is -0.493 e. The zero-order valence-corrected chi connectivity index (χ0v) is 18.5. The van der Waals surface area contributed by atoms with Crippen molar-refractivity contribution in [2.45, 2.75) is 11.4 Å². The summed E-state index contributed by atoms with van der Waals surface area (Å²) in [7, 11) is -0.581. The molecule has 0 spiro atoms. The maximum atomic E-state index is 13.0. The van der Waals surface area contributed by atoms with Crippen LogP contribution in [0.1, 0.15) is 5.56 Å². The molecule has 1 fully saturated rings. The predicted molar refractivity (Wildman–Crippen MR) is 113 cm³/mol. The van der Waals surface area contributed by atoms with Crippen LogP contribution in [0.2, 0.25) is 0 Å². The Bertz CT molecular complexity index is 993. The van der Waals surface area contributed by atoms with Crippen LogP contribution >= 0.6 is 12.4 Å². The summed E-state index contributed by atoms with van der Waals surface area (Å²) in [5.41, 5.74) is 1.12. The molecule has 2 aliphatic heterocycles. The Kier molecular flexibility index (Phi) is 6.97. The number of piperazine rings is 1. The Balaban J connectivity index is 0.00000256. The second-order valence-electron chi connectivity index (χ2n) is 6.88. The summed E-state index contributed by atoms with van der Waals surface area (Å²) >= 11 is 0. The van der Waals surface area contributed by atoms with E-state index in [2.05, 4.69) is 4.90 Å². The number of rotatable bonds is 6. The highest BCUT2D eigenvalue weighted by molar-refractivity contribution is 7.89. The van der Waals surface area contributed by atoms with Gasteiger partial charge in [0.15, 0.2) is 23.0 Å². The van der Waals surface area contributed by atoms with Crippen molar-refractivity contribution in [3.63, 3.8) is 0 Å². The maximum Gasteiger partial charge on any atom is 0.243 e. The summed E-state index contributed by atoms with van der Waals surface area (Å²) in [4.78, 5) is 2.44. The van der Waals surface area contributed by atoms with E-state index >= 15 is 0 Å². The van der Waals surface area contributed by atoms with Gasteiger partial charge in [-0.3, -0.25) is 4.90 Å². The van der Waals surface area contributed by atoms with E-state index in [4.69, 9.17) is 18.9 Å². The first-order chi connectivity index (χ1) is 14.0. The fourth-order valence-electron chi connectivity index (χ4n) is 3.55. The van der Waals surface area contributed by atoms with Gasteiger partial charge in [-0.1, -0.05) is 6.07 Å². The Hall–Kier alpha value is -2.20. The molecule has 0 radical (unpaired) electrons. The molecule has 0 aliphatic carbocycles. The third-order valence-electron chi connectivity index (χ3n) is 5.17. The van der Waals surface area contributed by atoms with Crippen molar-refractivity contribution in [3.05, 3.63) is 42.0 Å². The highest BCUT2D eigenvalue weighted by Gasteiger charge is 2.29. The lowest BCUT2D eigenvalue weighted by atomic mass is 10.2. The number of fused-ring (bicyclic) bond motifs is 1. The third-order valence-corrected chi connectivity index (χ3v) is 7.06. The van der Waals surface area contributed by atoms with Gasteiger partial charge >= 0.3 is 0 Å². The molecule has 2 heterocycles. The van der Waals surface area contributed by atoms with Crippen molar-refractivity contribution in [2.75, 3.05) is 47.2 Å². The summed E-state index contributed by atoms with van der Waals surface area (Å²) in [5, 5.41) is 0. The van der Waals surface area contributed by atoms with Crippen molar-refractivity contribution in [3.8, 4) is 23.0 Å². The van der Waals surface area contributed by atoms with Crippen LogP contribution in [0, 0.1) is 0 Å². The monoisotopic (exact) mass is 456 g/mol. The summed E-state index contributed by atoms with van der Waals surface area (Å²) in [6, 6.07) is 10.6. The number of methoxy groups -OCH3 is 2. The van der Waals surface area contributed by atoms with E-state index in [9.17, 15) is 8.42 Å². The van der Waals surface area contributed by atoms with Crippen LogP contribution in [0.25, 0.3) is 0 Å². The molecule has 10 heteroatoms. The SMILES string of the molecule is COc1ccc(S(=O)(=O)N2CCN(Cc3ccc4c(c3)OCO4)CC2)cc1OC.Cl. The van der Waals surface area contributed by atoms with E-state index in [1.807, 2.05) is 18.2 Å². The fourth-order valence-corrected chi connectivity index (χ4v) is 4.99. The minimum atomic E-state index is -3.59. The normalized spacial score (nSPS) is 16.7. The van der Waals surface area contributed by atoms with Crippen molar-refractivity contribution in [1.82, 2.24) is 9.21 Å². The van der Waals surface area contributed by atoms with E-state index in [1.54, 1.807) is 12.1 Å². The van der Waals surface area contributed by atoms with Crippen molar-refractivity contribution in [1.29, 1.82) is 0 Å². The van der Waals surface area contributed by atoms with Gasteiger partial charge in [-0.15, -0.1) is 12.4 Å². The summed E-state index contributed by atoms with van der Waals surface area (Å²) in [5.74, 6) is 2.42. The number of hydrogen-bond acceptors (Lipinski definition) is 7. The molecule has 0 saturated carbocycles. The first-order valence-corrected chi connectivity index (χ1v) is 10.8. The first kappa shape index (κ1) is 22.5. The van der Waals surface area contributed by atoms with Gasteiger partial charge in [-0.05, 0) is 29.8 Å². The van der Waals surface area contributed by atoms with Gasteiger partial charge in [0, 0.05) is 38.8 Å². The molecule has 164 valence electrons. The Labute approximate surface area is 182 Å². The Morgan fingerprint density at radius 1 is 0.900 bits per heavy atom. The third kappa shape index (κ3) is 4.44. The van der Waals surface area contributed by atoms with Crippen LogP contribution < -0.4 is 18.9 Å². The maximum absolute atomic E-state index is 13.0. The topological polar surface area (TPSA) is 77.5 Å². The molecular weight excluding hydrogens is 432 g/mol. The van der Waals surface area contributed by atoms with E-state index in [-0.39, 0.29) is 24.1 Å². The molecule has 4 rings (SSSR count). The number of benzene rings is 2. The average molecular weight is 457 g/mol. The number of nitrogens with zero attached hydrogens (tertiary/aromatic N) is 2. The van der Waals surface area contributed by atoms with E-state index in [1.165, 1.54) is 24.6 Å². The average Bonchev–Trinajstić information content (AvgIpc) is 3.21. The van der Waals surface area contributed by atoms with Crippen LogP contribution in [0.3, 0.4) is 0 Å². The largest absolute Gasteiger partial charge is 0.493 e. The lowest BCUT2D eigenvalue weighted by Crippen LogP contribution is -2.48. The standard InChI is InChI=1S/C20H24N2O6S.ClH/c1-25-17-6-4-16(12-19(17)26-2)29(23,24)22-9-7-21(8-10-22)13-15-3-5-18-20(11-15)28-14-27-18;/h3-6,11-12H,7-10,13-14H2,1-2H3;1H. The lowest BCUT2D eigenvalue weighted by molar-refractivity contribution is 0.173. The number of hydrogen-bond donors (Lipinski definition) is 0. The molecule has 2 aliphatic rings. The summed E-state index contributed by atoms with van der Waals surface area (Å²) in [6.45, 7) is 3.16. The van der Waals surface area contributed by atoms with E-state index in [0.717, 1.165) is 23.6 Å². The van der Waals surface area contributed by atoms with Crippen molar-refractivity contribution < 1.29 is 27.4 Å². The van der Waals surface area contributed by atoms with E-state index < -0.39 is 10.0 Å². The van der Waals surface area contributed by atoms with Crippen LogP contribution in [0.15, 0.2) is 41.3 Å². The Morgan fingerprint density at radius 3 is 2.30 bits per heavy atom. The molecule has 2 aromatic rings. The van der Waals surface area contributed by atoms with Crippen LogP contribution in [0.4, 0.5) is 0 Å². The smallest absolute Gasteiger partial charge is 0.243 e. The Morgan fingerprint density at radius 2 is 1.60 bits per heavy atom. The van der Waals surface area contributed by atoms with Crippen LogP contribution in [-0.4, -0.2) is 64.8 Å². The molecule has 0 atom stereocenters. The second kappa shape index (κ2) is 9.30. The van der Waals surface area contributed by atoms with Crippen LogP contribution in [0.5, 0.6) is 23.0 Å². The van der Waals surface area contributed by atoms with Crippen molar-refractivity contribution >= 4 is 22.4 Å². The molecular formula is C20H25ClN2O6S. The van der Waals surface area contributed by atoms with Gasteiger partial charge in [0.05, 0.1) is 19.1 Å². The number of halogens is 1. The molecule has 0 bridgehead atoms. The van der Waals surface area contributed by atoms with Crippen molar-refractivity contribution in [2.24, 2.45) is 0 Å². The summed E-state index contributed by atoms with van der Waals surface area (Å²) < 4.78 is 48.8. The molecule has 1 saturated heterocycles. The highest BCUT2D eigenvalue weighted by Crippen LogP contribution is 2.33. The van der Waals surface area contributed by atoms with Gasteiger partial charge in [0.25, 0.3) is 0 Å². The lowest BCUT2D eigenvalue weighted by Gasteiger charge is -2.34. The predicted octanol–water partition coefficient (Wildman–Crippen LogP) is 2.36. The number of sulfonamides is 1. The molecule has 30 heavy (non-hydrogen) atoms. The minimum absolute atomic E-state index is 0. The van der Waals surface area contributed by atoms with Gasteiger partial charge < -0.3 is 18.9 Å². The van der Waals surface area contributed by atoms with Crippen LogP contribution in [-0.2, 0) is 16.6 Å². The molecule has 0 amide bonds. The van der Waals surface area contributed by atoms with Gasteiger partial charge in [0.2, 0.25) is 16.8 Å². The number of ether oxygens (including phenoxy) is 4. The zero-order chi connectivity index (χ0) is 20.4. The quantitative estimate of drug-likeness (QED) is 0.660. The summed E-state index contributed by atoms with van der Waals surface area (Å²) in [6.07, 6.45) is 0. The molecule has 0 unspecified atom stereocenters. The first-order valence-electron chi connectivity index (χ1n) is 9.34. The van der Waals surface area contributed by atoms with E-state index in [0.29, 0.717) is 37.7 Å². The second-order valence-corrected chi connectivity index (χ2v) is 8.82. The molecule has 8 nitrogen and oxygen atoms in total. The van der Waals surface area contributed by atoms with Gasteiger partial charge in [-0.2, -0.15) is 4.31 Å². The highest BCUT2D eigenvalue weighted by atomic mass is 35.5. The molecule has 0 aromatic heterocycles. The molecule has 0 N–H and O–H groups in total.